The second-order valence-corrected chi connectivity index (χ2v) is 7.55. The Bertz CT molecular complexity index is 869. The summed E-state index contributed by atoms with van der Waals surface area (Å²) in [5, 5.41) is 19.8. The molecule has 2 rings (SSSR count). The second-order valence-electron chi connectivity index (χ2n) is 5.56. The van der Waals surface area contributed by atoms with E-state index >= 15 is 0 Å². The Balaban J connectivity index is 2.25. The summed E-state index contributed by atoms with van der Waals surface area (Å²) in [5.74, 6) is 0.134. The van der Waals surface area contributed by atoms with E-state index in [0.29, 0.717) is 17.3 Å². The van der Waals surface area contributed by atoms with Crippen molar-refractivity contribution >= 4 is 33.0 Å². The van der Waals surface area contributed by atoms with Gasteiger partial charge in [0.1, 0.15) is 0 Å². The molecular weight excluding hydrogens is 366 g/mol. The first-order valence-corrected chi connectivity index (χ1v) is 9.44. The molecular formula is C16H18ClN3O4S. The van der Waals surface area contributed by atoms with Crippen LogP contribution in [0, 0.1) is 10.1 Å². The minimum Gasteiger partial charge on any atom is -0.384 e. The first kappa shape index (κ1) is 19.2. The van der Waals surface area contributed by atoms with E-state index in [1.54, 1.807) is 12.1 Å². The molecule has 0 fully saturated rings. The number of nitro groups is 1. The van der Waals surface area contributed by atoms with Crippen molar-refractivity contribution < 1.29 is 13.3 Å². The molecule has 2 aromatic carbocycles. The van der Waals surface area contributed by atoms with Crippen molar-refractivity contribution in [2.75, 3.05) is 11.9 Å². The first-order chi connectivity index (χ1) is 11.7. The maximum Gasteiger partial charge on any atom is 0.272 e. The number of nitro benzene ring substituents is 1. The lowest BCUT2D eigenvalue weighted by Gasteiger charge is -2.17. The van der Waals surface area contributed by atoms with Gasteiger partial charge in [-0.2, -0.15) is 0 Å². The van der Waals surface area contributed by atoms with Crippen molar-refractivity contribution in [3.8, 4) is 0 Å². The third-order valence-electron chi connectivity index (χ3n) is 3.82. The van der Waals surface area contributed by atoms with Crippen molar-refractivity contribution in [2.24, 2.45) is 5.14 Å². The SMILES string of the molecule is CCC(CNc1cc([N+](=O)[O-])cc(S(N)(=O)=O)c1)c1ccc(Cl)cc1. The monoisotopic (exact) mass is 383 g/mol. The van der Waals surface area contributed by atoms with Gasteiger partial charge in [0.25, 0.3) is 5.69 Å². The van der Waals surface area contributed by atoms with Gasteiger partial charge in [0.15, 0.2) is 0 Å². The quantitative estimate of drug-likeness (QED) is 0.560. The standard InChI is InChI=1S/C16H18ClN3O4S/c1-2-11(12-3-5-13(17)6-4-12)10-19-14-7-15(20(21)22)9-16(8-14)25(18,23)24/h3-9,11,19H,2,10H2,1H3,(H2,18,23,24). The highest BCUT2D eigenvalue weighted by Crippen LogP contribution is 2.26. The molecule has 0 saturated heterocycles. The molecule has 3 N–H and O–H groups in total. The van der Waals surface area contributed by atoms with Gasteiger partial charge >= 0.3 is 0 Å². The third-order valence-corrected chi connectivity index (χ3v) is 4.96. The predicted octanol–water partition coefficient (Wildman–Crippen LogP) is 3.50. The van der Waals surface area contributed by atoms with Crippen LogP contribution in [0.25, 0.3) is 0 Å². The molecule has 7 nitrogen and oxygen atoms in total. The normalized spacial score (nSPS) is 12.6. The molecule has 0 amide bonds. The predicted molar refractivity (Wildman–Crippen MR) is 97.4 cm³/mol. The number of nitrogens with two attached hydrogens (primary N) is 1. The molecule has 1 atom stereocenters. The highest BCUT2D eigenvalue weighted by Gasteiger charge is 2.17. The Morgan fingerprint density at radius 3 is 2.40 bits per heavy atom. The lowest BCUT2D eigenvalue weighted by atomic mass is 9.96. The van der Waals surface area contributed by atoms with Crippen LogP contribution in [-0.2, 0) is 10.0 Å². The molecule has 25 heavy (non-hydrogen) atoms. The van der Waals surface area contributed by atoms with Crippen LogP contribution in [0.3, 0.4) is 0 Å². The number of hydrogen-bond acceptors (Lipinski definition) is 5. The Morgan fingerprint density at radius 2 is 1.88 bits per heavy atom. The van der Waals surface area contributed by atoms with E-state index in [0.717, 1.165) is 18.1 Å². The molecule has 0 saturated carbocycles. The summed E-state index contributed by atoms with van der Waals surface area (Å²) in [6, 6.07) is 10.9. The average Bonchev–Trinajstić information content (AvgIpc) is 2.55. The fraction of sp³-hybridized carbons (Fsp3) is 0.250. The van der Waals surface area contributed by atoms with Gasteiger partial charge in [-0.15, -0.1) is 0 Å². The van der Waals surface area contributed by atoms with Crippen LogP contribution in [0.4, 0.5) is 11.4 Å². The highest BCUT2D eigenvalue weighted by atomic mass is 35.5. The third kappa shape index (κ3) is 5.15. The fourth-order valence-electron chi connectivity index (χ4n) is 2.43. The lowest BCUT2D eigenvalue weighted by molar-refractivity contribution is -0.385. The van der Waals surface area contributed by atoms with Crippen molar-refractivity contribution in [3.63, 3.8) is 0 Å². The number of rotatable bonds is 7. The fourth-order valence-corrected chi connectivity index (χ4v) is 3.13. The van der Waals surface area contributed by atoms with E-state index in [1.807, 2.05) is 19.1 Å². The van der Waals surface area contributed by atoms with Crippen LogP contribution in [0.2, 0.25) is 5.02 Å². The zero-order valence-electron chi connectivity index (χ0n) is 13.5. The molecule has 0 aliphatic rings. The van der Waals surface area contributed by atoms with Crippen LogP contribution < -0.4 is 10.5 Å². The Morgan fingerprint density at radius 1 is 1.24 bits per heavy atom. The van der Waals surface area contributed by atoms with Gasteiger partial charge in [-0.05, 0) is 30.2 Å². The van der Waals surface area contributed by atoms with E-state index in [4.69, 9.17) is 16.7 Å². The van der Waals surface area contributed by atoms with Crippen LogP contribution in [0.5, 0.6) is 0 Å². The molecule has 9 heteroatoms. The Hall–Kier alpha value is -2.16. The molecule has 0 aliphatic heterocycles. The first-order valence-electron chi connectivity index (χ1n) is 7.52. The largest absolute Gasteiger partial charge is 0.384 e. The van der Waals surface area contributed by atoms with E-state index < -0.39 is 14.9 Å². The number of sulfonamides is 1. The average molecular weight is 384 g/mol. The molecule has 134 valence electrons. The van der Waals surface area contributed by atoms with Gasteiger partial charge in [-0.3, -0.25) is 10.1 Å². The number of anilines is 1. The highest BCUT2D eigenvalue weighted by molar-refractivity contribution is 7.89. The second kappa shape index (κ2) is 7.81. The van der Waals surface area contributed by atoms with Gasteiger partial charge in [0.2, 0.25) is 10.0 Å². The zero-order valence-corrected chi connectivity index (χ0v) is 15.0. The van der Waals surface area contributed by atoms with Crippen LogP contribution in [-0.4, -0.2) is 19.9 Å². The van der Waals surface area contributed by atoms with Gasteiger partial charge in [0, 0.05) is 35.3 Å². The summed E-state index contributed by atoms with van der Waals surface area (Å²) in [6.45, 7) is 2.49. The molecule has 2 aromatic rings. The van der Waals surface area contributed by atoms with Crippen molar-refractivity contribution in [1.82, 2.24) is 0 Å². The van der Waals surface area contributed by atoms with Crippen molar-refractivity contribution in [3.05, 3.63) is 63.2 Å². The maximum atomic E-state index is 11.5. The smallest absolute Gasteiger partial charge is 0.272 e. The van der Waals surface area contributed by atoms with Gasteiger partial charge in [0.05, 0.1) is 9.82 Å². The van der Waals surface area contributed by atoms with E-state index in [1.165, 1.54) is 12.1 Å². The molecule has 0 heterocycles. The number of nitrogens with zero attached hydrogens (tertiary/aromatic N) is 1. The zero-order chi connectivity index (χ0) is 18.6. The number of non-ortho nitro benzene ring substituents is 1. The van der Waals surface area contributed by atoms with Gasteiger partial charge < -0.3 is 5.32 Å². The van der Waals surface area contributed by atoms with E-state index in [-0.39, 0.29) is 16.5 Å². The van der Waals surface area contributed by atoms with Crippen molar-refractivity contribution in [2.45, 2.75) is 24.2 Å². The summed E-state index contributed by atoms with van der Waals surface area (Å²) in [6.07, 6.45) is 0.825. The number of halogens is 1. The van der Waals surface area contributed by atoms with Crippen LogP contribution in [0.1, 0.15) is 24.8 Å². The Labute approximate surface area is 151 Å². The topological polar surface area (TPSA) is 115 Å². The molecule has 0 spiro atoms. The summed E-state index contributed by atoms with van der Waals surface area (Å²) in [5.41, 5.74) is 1.05. The van der Waals surface area contributed by atoms with Crippen LogP contribution >= 0.6 is 11.6 Å². The summed E-state index contributed by atoms with van der Waals surface area (Å²) in [7, 11) is -4.04. The lowest BCUT2D eigenvalue weighted by Crippen LogP contribution is -2.15. The van der Waals surface area contributed by atoms with Crippen LogP contribution in [0.15, 0.2) is 47.4 Å². The molecule has 0 bridgehead atoms. The Kier molecular flexibility index (Phi) is 5.99. The molecule has 0 aromatic heterocycles. The number of nitrogens with one attached hydrogen (secondary N) is 1. The molecule has 1 unspecified atom stereocenters. The molecule has 0 aliphatic carbocycles. The van der Waals surface area contributed by atoms with Gasteiger partial charge in [-0.25, -0.2) is 13.6 Å². The minimum absolute atomic E-state index is 0.134. The number of benzene rings is 2. The summed E-state index contributed by atoms with van der Waals surface area (Å²) in [4.78, 5) is 10.1. The molecule has 0 radical (unpaired) electrons. The summed E-state index contributed by atoms with van der Waals surface area (Å²) >= 11 is 5.89. The maximum absolute atomic E-state index is 11.5. The summed E-state index contributed by atoms with van der Waals surface area (Å²) < 4.78 is 23.0. The number of hydrogen-bond donors (Lipinski definition) is 2. The number of primary sulfonamides is 1. The van der Waals surface area contributed by atoms with Crippen molar-refractivity contribution in [1.29, 1.82) is 0 Å². The van der Waals surface area contributed by atoms with E-state index in [9.17, 15) is 18.5 Å². The van der Waals surface area contributed by atoms with E-state index in [2.05, 4.69) is 5.32 Å². The minimum atomic E-state index is -4.04. The van der Waals surface area contributed by atoms with Gasteiger partial charge in [-0.1, -0.05) is 30.7 Å².